The monoisotopic (exact) mass is 269 g/mol. The van der Waals surface area contributed by atoms with Gasteiger partial charge >= 0.3 is 0 Å². The van der Waals surface area contributed by atoms with Crippen LogP contribution in [-0.2, 0) is 14.6 Å². The first-order valence-electron chi connectivity index (χ1n) is 3.55. The van der Waals surface area contributed by atoms with Crippen molar-refractivity contribution in [2.45, 2.75) is 12.2 Å². The van der Waals surface area contributed by atoms with Gasteiger partial charge in [-0.3, -0.25) is 4.79 Å². The molecule has 1 N–H and O–H groups in total. The Labute approximate surface area is 86.4 Å². The van der Waals surface area contributed by atoms with Gasteiger partial charge in [0.25, 0.3) is 0 Å². The van der Waals surface area contributed by atoms with Gasteiger partial charge in [0, 0.05) is 17.3 Å². The van der Waals surface area contributed by atoms with Crippen molar-refractivity contribution >= 4 is 31.7 Å². The fourth-order valence-corrected chi connectivity index (χ4v) is 1.13. The second-order valence-corrected chi connectivity index (χ2v) is 6.19. The third-order valence-electron chi connectivity index (χ3n) is 1.47. The molecular weight excluding hydrogens is 258 g/mol. The van der Waals surface area contributed by atoms with E-state index >= 15 is 0 Å². The molecule has 1 amide bonds. The molecule has 0 aromatic carbocycles. The average molecular weight is 270 g/mol. The van der Waals surface area contributed by atoms with Crippen LogP contribution in [0.3, 0.4) is 0 Å². The molecule has 76 valence electrons. The summed E-state index contributed by atoms with van der Waals surface area (Å²) in [5.74, 6) is -0.511. The Balaban J connectivity index is 4.22. The van der Waals surface area contributed by atoms with E-state index in [2.05, 4.69) is 27.8 Å². The predicted molar refractivity (Wildman–Crippen MR) is 55.4 cm³/mol. The Morgan fingerprint density at radius 3 is 2.38 bits per heavy atom. The zero-order valence-electron chi connectivity index (χ0n) is 7.50. The smallest absolute Gasteiger partial charge is 0.238 e. The normalized spacial score (nSPS) is 13.5. The van der Waals surface area contributed by atoms with E-state index < -0.39 is 21.0 Å². The number of carbonyl (C=O) groups is 1. The van der Waals surface area contributed by atoms with Crippen molar-refractivity contribution in [1.82, 2.24) is 5.32 Å². The highest BCUT2D eigenvalue weighted by Crippen LogP contribution is 2.00. The largest absolute Gasteiger partial charge is 0.350 e. The summed E-state index contributed by atoms with van der Waals surface area (Å²) in [4.78, 5) is 11.1. The highest BCUT2D eigenvalue weighted by Gasteiger charge is 2.22. The highest BCUT2D eigenvalue weighted by molar-refractivity contribution is 9.11. The molecule has 0 saturated heterocycles. The van der Waals surface area contributed by atoms with Crippen LogP contribution >= 0.6 is 15.9 Å². The van der Waals surface area contributed by atoms with Gasteiger partial charge in [0.2, 0.25) is 5.91 Å². The molecule has 0 radical (unpaired) electrons. The van der Waals surface area contributed by atoms with E-state index in [4.69, 9.17) is 0 Å². The molecule has 0 aliphatic heterocycles. The van der Waals surface area contributed by atoms with Crippen LogP contribution in [0.2, 0.25) is 0 Å². The van der Waals surface area contributed by atoms with Crippen LogP contribution in [0.1, 0.15) is 6.92 Å². The van der Waals surface area contributed by atoms with Gasteiger partial charge in [0.15, 0.2) is 9.84 Å². The fraction of sp³-hybridized carbons (Fsp3) is 0.571. The zero-order chi connectivity index (χ0) is 10.6. The third kappa shape index (κ3) is 5.05. The van der Waals surface area contributed by atoms with Crippen molar-refractivity contribution < 1.29 is 13.2 Å². The van der Waals surface area contributed by atoms with Gasteiger partial charge in [-0.2, -0.15) is 0 Å². The van der Waals surface area contributed by atoms with Gasteiger partial charge in [0.1, 0.15) is 5.25 Å². The summed E-state index contributed by atoms with van der Waals surface area (Å²) in [5, 5.41) is 1.41. The summed E-state index contributed by atoms with van der Waals surface area (Å²) < 4.78 is 22.4. The molecule has 0 aromatic rings. The van der Waals surface area contributed by atoms with Gasteiger partial charge in [0.05, 0.1) is 0 Å². The second kappa shape index (κ2) is 4.76. The summed E-state index contributed by atoms with van der Waals surface area (Å²) in [6.45, 7) is 5.08. The number of halogens is 1. The number of hydrogen-bond donors (Lipinski definition) is 1. The lowest BCUT2D eigenvalue weighted by molar-refractivity contribution is -0.120. The first kappa shape index (κ1) is 12.6. The van der Waals surface area contributed by atoms with E-state index in [1.54, 1.807) is 0 Å². The number of carbonyl (C=O) groups excluding carboxylic acids is 1. The summed E-state index contributed by atoms with van der Waals surface area (Å²) in [5.41, 5.74) is 0. The van der Waals surface area contributed by atoms with Gasteiger partial charge in [-0.15, -0.1) is 0 Å². The number of rotatable bonds is 4. The molecule has 0 aliphatic carbocycles. The summed E-state index contributed by atoms with van der Waals surface area (Å²) in [7, 11) is -3.31. The predicted octanol–water partition coefficient (Wildman–Crippen LogP) is 0.444. The van der Waals surface area contributed by atoms with Crippen molar-refractivity contribution in [2.75, 3.05) is 12.8 Å². The zero-order valence-corrected chi connectivity index (χ0v) is 9.91. The van der Waals surface area contributed by atoms with Gasteiger partial charge in [-0.1, -0.05) is 22.5 Å². The molecule has 0 saturated carbocycles. The number of amides is 1. The molecule has 0 aromatic heterocycles. The molecule has 0 aliphatic rings. The van der Waals surface area contributed by atoms with Crippen molar-refractivity contribution in [3.8, 4) is 0 Å². The molecule has 0 bridgehead atoms. The minimum atomic E-state index is -3.31. The van der Waals surface area contributed by atoms with Crippen LogP contribution < -0.4 is 5.32 Å². The molecule has 6 heteroatoms. The molecule has 4 nitrogen and oxygen atoms in total. The van der Waals surface area contributed by atoms with Gasteiger partial charge in [-0.05, 0) is 6.92 Å². The second-order valence-electron chi connectivity index (χ2n) is 2.71. The SMILES string of the molecule is C=C(Br)CNC(=O)C(C)S(C)(=O)=O. The molecule has 0 heterocycles. The van der Waals surface area contributed by atoms with Gasteiger partial charge in [-0.25, -0.2) is 8.42 Å². The summed E-state index contributed by atoms with van der Waals surface area (Å²) in [6.07, 6.45) is 1.03. The quantitative estimate of drug-likeness (QED) is 0.806. The molecule has 0 spiro atoms. The fourth-order valence-electron chi connectivity index (χ4n) is 0.521. The van der Waals surface area contributed by atoms with Crippen LogP contribution in [0.5, 0.6) is 0 Å². The average Bonchev–Trinajstić information content (AvgIpc) is 1.96. The maximum absolute atomic E-state index is 11.1. The van der Waals surface area contributed by atoms with Crippen molar-refractivity contribution in [3.63, 3.8) is 0 Å². The van der Waals surface area contributed by atoms with E-state index in [-0.39, 0.29) is 6.54 Å². The minimum absolute atomic E-state index is 0.235. The molecule has 0 rings (SSSR count). The lowest BCUT2D eigenvalue weighted by Crippen LogP contribution is -2.37. The first-order valence-corrected chi connectivity index (χ1v) is 6.29. The Hall–Kier alpha value is -0.360. The highest BCUT2D eigenvalue weighted by atomic mass is 79.9. The standard InChI is InChI=1S/C7H12BrNO3S/c1-5(8)4-9-7(10)6(2)13(3,11)12/h6H,1,4H2,2-3H3,(H,9,10). The summed E-state index contributed by atoms with van der Waals surface area (Å²) >= 11 is 3.04. The van der Waals surface area contributed by atoms with Gasteiger partial charge < -0.3 is 5.32 Å². The van der Waals surface area contributed by atoms with Crippen LogP contribution in [0.15, 0.2) is 11.1 Å². The van der Waals surface area contributed by atoms with Crippen molar-refractivity contribution in [1.29, 1.82) is 0 Å². The Kier molecular flexibility index (Phi) is 4.63. The lowest BCUT2D eigenvalue weighted by Gasteiger charge is -2.09. The van der Waals surface area contributed by atoms with Crippen molar-refractivity contribution in [3.05, 3.63) is 11.1 Å². The van der Waals surface area contributed by atoms with E-state index in [0.29, 0.717) is 4.48 Å². The minimum Gasteiger partial charge on any atom is -0.350 e. The third-order valence-corrected chi connectivity index (χ3v) is 3.24. The molecule has 1 unspecified atom stereocenters. The summed E-state index contributed by atoms with van der Waals surface area (Å²) in [6, 6.07) is 0. The van der Waals surface area contributed by atoms with E-state index in [9.17, 15) is 13.2 Å². The van der Waals surface area contributed by atoms with E-state index in [1.807, 2.05) is 0 Å². The topological polar surface area (TPSA) is 63.2 Å². The van der Waals surface area contributed by atoms with Crippen LogP contribution in [0.25, 0.3) is 0 Å². The van der Waals surface area contributed by atoms with Crippen LogP contribution in [-0.4, -0.2) is 32.4 Å². The van der Waals surface area contributed by atoms with Crippen LogP contribution in [0.4, 0.5) is 0 Å². The van der Waals surface area contributed by atoms with Crippen molar-refractivity contribution in [2.24, 2.45) is 0 Å². The van der Waals surface area contributed by atoms with E-state index in [1.165, 1.54) is 6.92 Å². The Bertz CT molecular complexity index is 310. The molecular formula is C7H12BrNO3S. The first-order chi connectivity index (χ1) is 5.75. The Morgan fingerprint density at radius 2 is 2.08 bits per heavy atom. The Morgan fingerprint density at radius 1 is 1.62 bits per heavy atom. The maximum Gasteiger partial charge on any atom is 0.238 e. The maximum atomic E-state index is 11.1. The van der Waals surface area contributed by atoms with E-state index in [0.717, 1.165) is 6.26 Å². The number of nitrogens with one attached hydrogen (secondary N) is 1. The molecule has 0 fully saturated rings. The number of sulfone groups is 1. The molecule has 13 heavy (non-hydrogen) atoms. The molecule has 1 atom stereocenters. The van der Waals surface area contributed by atoms with Crippen LogP contribution in [0, 0.1) is 0 Å². The lowest BCUT2D eigenvalue weighted by atomic mass is 10.4. The number of hydrogen-bond acceptors (Lipinski definition) is 3.